The number of carbonyl (C=O) groups excluding carboxylic acids is 2. The van der Waals surface area contributed by atoms with Crippen LogP contribution in [0.3, 0.4) is 0 Å². The van der Waals surface area contributed by atoms with Crippen LogP contribution in [0.2, 0.25) is 0 Å². The molecule has 0 saturated carbocycles. The molecular weight excluding hydrogens is 463 g/mol. The molecule has 3 amide bonds. The number of halogens is 3. The van der Waals surface area contributed by atoms with Gasteiger partial charge in [0, 0.05) is 64.5 Å². The summed E-state index contributed by atoms with van der Waals surface area (Å²) in [5.74, 6) is -0.465. The summed E-state index contributed by atoms with van der Waals surface area (Å²) in [4.78, 5) is 33.0. The zero-order chi connectivity index (χ0) is 25.4. The number of urea groups is 1. The minimum atomic E-state index is -4.65. The molecule has 0 aromatic heterocycles. The van der Waals surface area contributed by atoms with Gasteiger partial charge in [-0.15, -0.1) is 0 Å². The number of nitrogens with zero attached hydrogens (tertiary/aromatic N) is 5. The normalized spacial score (nSPS) is 22.3. The summed E-state index contributed by atoms with van der Waals surface area (Å²) in [6.07, 6.45) is -3.47. The average Bonchev–Trinajstić information content (AvgIpc) is 3.21. The number of hydrogen-bond acceptors (Lipinski definition) is 5. The summed E-state index contributed by atoms with van der Waals surface area (Å²) in [6, 6.07) is 5.29. The number of amides is 3. The molecule has 3 fully saturated rings. The number of hydrogen-bond donors (Lipinski definition) is 0. The predicted molar refractivity (Wildman–Crippen MR) is 122 cm³/mol. The Morgan fingerprint density at radius 2 is 1.74 bits per heavy atom. The van der Waals surface area contributed by atoms with Gasteiger partial charge in [0.05, 0.1) is 36.3 Å². The van der Waals surface area contributed by atoms with Gasteiger partial charge in [-0.3, -0.25) is 4.79 Å². The SMILES string of the molecule is CN(C)C(=O)C1CN(c2ccc(C#N)c(C(F)(F)F)c2)CC12CCN(C(=O)N1CCOCC1)CC2. The minimum Gasteiger partial charge on any atom is -0.378 e. The second kappa shape index (κ2) is 9.57. The van der Waals surface area contributed by atoms with Crippen LogP contribution in [0.4, 0.5) is 23.7 Å². The summed E-state index contributed by atoms with van der Waals surface area (Å²) in [6.45, 7) is 3.82. The number of ether oxygens (including phenoxy) is 1. The van der Waals surface area contributed by atoms with Crippen molar-refractivity contribution in [3.8, 4) is 6.07 Å². The lowest BCUT2D eigenvalue weighted by Gasteiger charge is -2.44. The van der Waals surface area contributed by atoms with E-state index in [1.807, 2.05) is 4.90 Å². The summed E-state index contributed by atoms with van der Waals surface area (Å²) in [5, 5.41) is 9.12. The van der Waals surface area contributed by atoms with Gasteiger partial charge in [-0.05, 0) is 31.0 Å². The maximum atomic E-state index is 13.6. The van der Waals surface area contributed by atoms with Gasteiger partial charge in [-0.1, -0.05) is 0 Å². The van der Waals surface area contributed by atoms with Crippen LogP contribution in [0.25, 0.3) is 0 Å². The standard InChI is InChI=1S/C24H30F3N5O3/c1-29(2)21(33)20-15-32(18-4-3-17(14-28)19(13-18)24(25,26)27)16-23(20)5-7-30(8-6-23)22(34)31-9-11-35-12-10-31/h3-4,13,20H,5-12,15-16H2,1-2H3. The Labute approximate surface area is 202 Å². The molecule has 3 aliphatic rings. The third-order valence-corrected chi connectivity index (χ3v) is 7.49. The van der Waals surface area contributed by atoms with Gasteiger partial charge >= 0.3 is 12.2 Å². The lowest BCUT2D eigenvalue weighted by molar-refractivity contribution is -0.138. The molecule has 1 atom stereocenters. The monoisotopic (exact) mass is 493 g/mol. The molecule has 0 bridgehead atoms. The quantitative estimate of drug-likeness (QED) is 0.633. The lowest BCUT2D eigenvalue weighted by atomic mass is 9.70. The molecule has 35 heavy (non-hydrogen) atoms. The first kappa shape index (κ1) is 25.1. The van der Waals surface area contributed by atoms with E-state index in [9.17, 15) is 22.8 Å². The van der Waals surface area contributed by atoms with Gasteiger partial charge in [0.25, 0.3) is 0 Å². The number of anilines is 1. The fourth-order valence-electron chi connectivity index (χ4n) is 5.48. The van der Waals surface area contributed by atoms with Crippen LogP contribution in [0.15, 0.2) is 18.2 Å². The van der Waals surface area contributed by atoms with Crippen LogP contribution < -0.4 is 4.90 Å². The van der Waals surface area contributed by atoms with Crippen LogP contribution in [-0.4, -0.2) is 93.2 Å². The molecule has 1 aromatic carbocycles. The van der Waals surface area contributed by atoms with Crippen LogP contribution in [0, 0.1) is 22.7 Å². The van der Waals surface area contributed by atoms with E-state index in [-0.39, 0.29) is 18.5 Å². The molecule has 1 spiro atoms. The van der Waals surface area contributed by atoms with Crippen molar-refractivity contribution in [1.29, 1.82) is 5.26 Å². The van der Waals surface area contributed by atoms with E-state index in [0.29, 0.717) is 64.5 Å². The highest BCUT2D eigenvalue weighted by atomic mass is 19.4. The maximum absolute atomic E-state index is 13.6. The molecule has 0 aliphatic carbocycles. The smallest absolute Gasteiger partial charge is 0.378 e. The molecule has 3 aliphatic heterocycles. The number of likely N-dealkylation sites (tertiary alicyclic amines) is 1. The number of morpholine rings is 1. The van der Waals surface area contributed by atoms with Gasteiger partial charge in [-0.25, -0.2) is 4.79 Å². The predicted octanol–water partition coefficient (Wildman–Crippen LogP) is 2.64. The highest BCUT2D eigenvalue weighted by molar-refractivity contribution is 5.81. The van der Waals surface area contributed by atoms with Crippen LogP contribution in [0.5, 0.6) is 0 Å². The second-order valence-corrected chi connectivity index (χ2v) is 9.74. The Balaban J connectivity index is 1.56. The number of alkyl halides is 3. The molecule has 8 nitrogen and oxygen atoms in total. The summed E-state index contributed by atoms with van der Waals surface area (Å²) in [7, 11) is 3.36. The van der Waals surface area contributed by atoms with Crippen LogP contribution in [0.1, 0.15) is 24.0 Å². The van der Waals surface area contributed by atoms with Gasteiger partial charge in [0.15, 0.2) is 0 Å². The van der Waals surface area contributed by atoms with Crippen molar-refractivity contribution >= 4 is 17.6 Å². The van der Waals surface area contributed by atoms with Gasteiger partial charge in [-0.2, -0.15) is 18.4 Å². The zero-order valence-electron chi connectivity index (χ0n) is 20.0. The number of carbonyl (C=O) groups is 2. The number of benzene rings is 1. The molecule has 1 unspecified atom stereocenters. The van der Waals surface area contributed by atoms with Crippen molar-refractivity contribution in [2.75, 3.05) is 71.5 Å². The first-order valence-corrected chi connectivity index (χ1v) is 11.7. The first-order valence-electron chi connectivity index (χ1n) is 11.7. The highest BCUT2D eigenvalue weighted by Crippen LogP contribution is 2.47. The second-order valence-electron chi connectivity index (χ2n) is 9.74. The van der Waals surface area contributed by atoms with E-state index in [0.717, 1.165) is 6.07 Å². The molecule has 3 saturated heterocycles. The Morgan fingerprint density at radius 3 is 2.31 bits per heavy atom. The molecule has 0 radical (unpaired) electrons. The summed E-state index contributed by atoms with van der Waals surface area (Å²) in [5.41, 5.74) is -1.50. The Morgan fingerprint density at radius 1 is 1.11 bits per heavy atom. The number of nitriles is 1. The van der Waals surface area contributed by atoms with Crippen molar-refractivity contribution in [3.63, 3.8) is 0 Å². The fraction of sp³-hybridized carbons (Fsp3) is 0.625. The van der Waals surface area contributed by atoms with E-state index in [1.165, 1.54) is 17.0 Å². The number of rotatable bonds is 2. The van der Waals surface area contributed by atoms with Crippen molar-refractivity contribution in [1.82, 2.24) is 14.7 Å². The summed E-state index contributed by atoms with van der Waals surface area (Å²) >= 11 is 0. The molecule has 190 valence electrons. The third kappa shape index (κ3) is 4.89. The number of piperidine rings is 1. The Kier molecular flexibility index (Phi) is 6.86. The highest BCUT2D eigenvalue weighted by Gasteiger charge is 2.52. The van der Waals surface area contributed by atoms with Crippen molar-refractivity contribution in [3.05, 3.63) is 29.3 Å². The molecule has 3 heterocycles. The topological polar surface area (TPSA) is 80.1 Å². The average molecular weight is 494 g/mol. The Bertz CT molecular complexity index is 1010. The van der Waals surface area contributed by atoms with E-state index >= 15 is 0 Å². The maximum Gasteiger partial charge on any atom is 0.417 e. The van der Waals surface area contributed by atoms with E-state index in [4.69, 9.17) is 10.00 Å². The van der Waals surface area contributed by atoms with Crippen molar-refractivity contribution in [2.24, 2.45) is 11.3 Å². The lowest BCUT2D eigenvalue weighted by Crippen LogP contribution is -2.54. The van der Waals surface area contributed by atoms with Crippen molar-refractivity contribution in [2.45, 2.75) is 19.0 Å². The third-order valence-electron chi connectivity index (χ3n) is 7.49. The van der Waals surface area contributed by atoms with E-state index < -0.39 is 28.6 Å². The molecule has 11 heteroatoms. The van der Waals surface area contributed by atoms with Gasteiger partial charge < -0.3 is 24.3 Å². The van der Waals surface area contributed by atoms with Gasteiger partial charge in [0.2, 0.25) is 5.91 Å². The van der Waals surface area contributed by atoms with Crippen LogP contribution in [-0.2, 0) is 15.7 Å². The molecule has 4 rings (SSSR count). The minimum absolute atomic E-state index is 0.0320. The first-order chi connectivity index (χ1) is 16.6. The molecular formula is C24H30F3N5O3. The fourth-order valence-corrected chi connectivity index (χ4v) is 5.48. The Hall–Kier alpha value is -3.00. The molecule has 1 aromatic rings. The van der Waals surface area contributed by atoms with Gasteiger partial charge in [0.1, 0.15) is 0 Å². The molecule has 0 N–H and O–H groups in total. The van der Waals surface area contributed by atoms with Crippen LogP contribution >= 0.6 is 0 Å². The summed E-state index contributed by atoms with van der Waals surface area (Å²) < 4.78 is 46.0. The van der Waals surface area contributed by atoms with E-state index in [2.05, 4.69) is 0 Å². The van der Waals surface area contributed by atoms with E-state index in [1.54, 1.807) is 30.0 Å². The largest absolute Gasteiger partial charge is 0.417 e. The van der Waals surface area contributed by atoms with Crippen molar-refractivity contribution < 1.29 is 27.5 Å². The zero-order valence-corrected chi connectivity index (χ0v) is 20.0.